The minimum absolute atomic E-state index is 0.0288. The smallest absolute Gasteiger partial charge is 0.333 e. The molecule has 1 saturated carbocycles. The summed E-state index contributed by atoms with van der Waals surface area (Å²) in [6.07, 6.45) is 2.98. The maximum Gasteiger partial charge on any atom is 0.333 e. The number of para-hydroxylation sites is 1. The second kappa shape index (κ2) is 13.7. The van der Waals surface area contributed by atoms with Crippen molar-refractivity contribution in [2.24, 2.45) is 17.6 Å². The van der Waals surface area contributed by atoms with Crippen LogP contribution in [0, 0.1) is 17.2 Å². The molecule has 2 fully saturated rings. The van der Waals surface area contributed by atoms with Gasteiger partial charge in [0.25, 0.3) is 0 Å². The maximum atomic E-state index is 13.8. The summed E-state index contributed by atoms with van der Waals surface area (Å²) in [5.41, 5.74) is 6.91. The standard InChI is InChI=1S/C28H41N7O7S/c1-17-11-20-6-3-7-23(26(20)32-13-17)43(40,41)33-22(27(39)35(21-8-9-21)16-25(38)42-18(2)36)12-24(37)31-14-19-5-4-10-34(15-19)28(29)30/h3,6-7,17,19,21-22,32-33H,4-5,8-16H2,1-2H3,(H3,29,30)(H,31,37)/t17?,19?,22-/m0/s1. The molecule has 0 bridgehead atoms. The molecule has 3 atom stereocenters. The van der Waals surface area contributed by atoms with Crippen molar-refractivity contribution in [3.05, 3.63) is 23.8 Å². The van der Waals surface area contributed by atoms with Crippen molar-refractivity contribution in [2.45, 2.75) is 69.4 Å². The van der Waals surface area contributed by atoms with Crippen molar-refractivity contribution in [1.82, 2.24) is 19.8 Å². The number of rotatable bonds is 11. The maximum absolute atomic E-state index is 13.8. The number of benzene rings is 1. The number of nitrogens with one attached hydrogen (secondary N) is 4. The molecule has 2 aliphatic heterocycles. The number of anilines is 1. The Balaban J connectivity index is 1.54. The Hall–Kier alpha value is -3.72. The summed E-state index contributed by atoms with van der Waals surface area (Å²) in [4.78, 5) is 53.4. The van der Waals surface area contributed by atoms with E-state index in [0.717, 1.165) is 25.3 Å². The zero-order valence-corrected chi connectivity index (χ0v) is 25.4. The van der Waals surface area contributed by atoms with E-state index in [1.807, 2.05) is 6.07 Å². The number of ether oxygens (including phenoxy) is 1. The van der Waals surface area contributed by atoms with Crippen molar-refractivity contribution in [3.8, 4) is 0 Å². The molecular formula is C28H41N7O7S. The first-order chi connectivity index (χ1) is 20.3. The Labute approximate surface area is 251 Å². The van der Waals surface area contributed by atoms with E-state index in [-0.39, 0.29) is 29.4 Å². The molecule has 3 aliphatic rings. The largest absolute Gasteiger partial charge is 0.392 e. The predicted molar refractivity (Wildman–Crippen MR) is 157 cm³/mol. The summed E-state index contributed by atoms with van der Waals surface area (Å²) in [6, 6.07) is 3.07. The van der Waals surface area contributed by atoms with Gasteiger partial charge >= 0.3 is 11.9 Å². The van der Waals surface area contributed by atoms with E-state index in [1.165, 1.54) is 11.0 Å². The van der Waals surface area contributed by atoms with Crippen LogP contribution in [-0.2, 0) is 40.4 Å². The van der Waals surface area contributed by atoms with Gasteiger partial charge in [0.2, 0.25) is 21.8 Å². The summed E-state index contributed by atoms with van der Waals surface area (Å²) >= 11 is 0. The van der Waals surface area contributed by atoms with Gasteiger partial charge in [0, 0.05) is 39.1 Å². The summed E-state index contributed by atoms with van der Waals surface area (Å²) in [7, 11) is -4.30. The topological polar surface area (TPSA) is 204 Å². The quantitative estimate of drug-likeness (QED) is 0.0980. The number of amides is 2. The molecule has 1 aromatic rings. The lowest BCUT2D eigenvalue weighted by Gasteiger charge is -2.33. The molecule has 0 aromatic heterocycles. The van der Waals surface area contributed by atoms with Gasteiger partial charge in [-0.3, -0.25) is 19.8 Å². The monoisotopic (exact) mass is 619 g/mol. The normalized spacial score (nSPS) is 20.7. The highest BCUT2D eigenvalue weighted by Gasteiger charge is 2.40. The highest BCUT2D eigenvalue weighted by Crippen LogP contribution is 2.32. The van der Waals surface area contributed by atoms with Crippen LogP contribution in [0.5, 0.6) is 0 Å². The molecule has 14 nitrogen and oxygen atoms in total. The van der Waals surface area contributed by atoms with E-state index >= 15 is 0 Å². The van der Waals surface area contributed by atoms with Gasteiger partial charge in [-0.25, -0.2) is 13.2 Å². The minimum atomic E-state index is -4.30. The Morgan fingerprint density at radius 3 is 2.65 bits per heavy atom. The Morgan fingerprint density at radius 2 is 1.98 bits per heavy atom. The second-order valence-corrected chi connectivity index (χ2v) is 13.3. The van der Waals surface area contributed by atoms with Crippen molar-refractivity contribution >= 4 is 45.4 Å². The minimum Gasteiger partial charge on any atom is -0.392 e. The predicted octanol–water partition coefficient (Wildman–Crippen LogP) is 0.130. The first-order valence-electron chi connectivity index (χ1n) is 14.6. The number of nitrogens with two attached hydrogens (primary N) is 1. The zero-order valence-electron chi connectivity index (χ0n) is 24.6. The van der Waals surface area contributed by atoms with E-state index in [0.29, 0.717) is 50.5 Å². The molecule has 2 unspecified atom stereocenters. The average molecular weight is 620 g/mol. The van der Waals surface area contributed by atoms with Crippen LogP contribution in [0.4, 0.5) is 5.69 Å². The summed E-state index contributed by atoms with van der Waals surface area (Å²) in [5, 5.41) is 13.7. The lowest BCUT2D eigenvalue weighted by Crippen LogP contribution is -2.53. The molecule has 2 heterocycles. The van der Waals surface area contributed by atoms with Crippen LogP contribution in [0.1, 0.15) is 51.5 Å². The van der Waals surface area contributed by atoms with Gasteiger partial charge in [-0.05, 0) is 55.6 Å². The van der Waals surface area contributed by atoms with Crippen LogP contribution >= 0.6 is 0 Å². The number of sulfonamides is 1. The molecule has 1 saturated heterocycles. The van der Waals surface area contributed by atoms with Crippen molar-refractivity contribution < 1.29 is 32.3 Å². The Bertz CT molecular complexity index is 1360. The van der Waals surface area contributed by atoms with E-state index in [4.69, 9.17) is 11.1 Å². The molecule has 1 aliphatic carbocycles. The average Bonchev–Trinajstić information content (AvgIpc) is 3.79. The number of fused-ring (bicyclic) bond motifs is 1. The molecule has 0 spiro atoms. The Kier molecular flexibility index (Phi) is 10.3. The van der Waals surface area contributed by atoms with Gasteiger partial charge in [0.05, 0.1) is 12.1 Å². The molecule has 43 heavy (non-hydrogen) atoms. The van der Waals surface area contributed by atoms with Crippen molar-refractivity contribution in [1.29, 1.82) is 5.41 Å². The van der Waals surface area contributed by atoms with Gasteiger partial charge < -0.3 is 30.9 Å². The van der Waals surface area contributed by atoms with Crippen LogP contribution in [0.2, 0.25) is 0 Å². The zero-order chi connectivity index (χ0) is 31.3. The van der Waals surface area contributed by atoms with Crippen molar-refractivity contribution in [2.75, 3.05) is 38.0 Å². The summed E-state index contributed by atoms with van der Waals surface area (Å²) < 4.78 is 34.5. The number of esters is 2. The molecule has 15 heteroatoms. The Morgan fingerprint density at radius 1 is 1.23 bits per heavy atom. The van der Waals surface area contributed by atoms with Crippen LogP contribution in [-0.4, -0.2) is 92.7 Å². The van der Waals surface area contributed by atoms with Crippen LogP contribution in [0.3, 0.4) is 0 Å². The number of nitrogens with zero attached hydrogens (tertiary/aromatic N) is 2. The molecular weight excluding hydrogens is 578 g/mol. The first-order valence-corrected chi connectivity index (χ1v) is 16.1. The van der Waals surface area contributed by atoms with Gasteiger partial charge in [-0.15, -0.1) is 0 Å². The van der Waals surface area contributed by atoms with Gasteiger partial charge in [-0.2, -0.15) is 4.72 Å². The number of hydrogen-bond acceptors (Lipinski definition) is 9. The fourth-order valence-electron chi connectivity index (χ4n) is 5.60. The highest BCUT2D eigenvalue weighted by molar-refractivity contribution is 7.89. The number of hydrogen-bond donors (Lipinski definition) is 5. The molecule has 2 amide bonds. The summed E-state index contributed by atoms with van der Waals surface area (Å²) in [6.45, 7) is 4.59. The third-order valence-corrected chi connectivity index (χ3v) is 9.37. The lowest BCUT2D eigenvalue weighted by molar-refractivity contribution is -0.161. The van der Waals surface area contributed by atoms with E-state index in [2.05, 4.69) is 27.0 Å². The van der Waals surface area contributed by atoms with Gasteiger partial charge in [0.1, 0.15) is 17.5 Å². The molecule has 236 valence electrons. The molecule has 1 aromatic carbocycles. The summed E-state index contributed by atoms with van der Waals surface area (Å²) in [5.74, 6) is -2.77. The lowest BCUT2D eigenvalue weighted by atomic mass is 9.96. The number of likely N-dealkylation sites (tertiary alicyclic amines) is 1. The number of guanidine groups is 1. The number of carbonyl (C=O) groups is 4. The molecule has 4 rings (SSSR count). The van der Waals surface area contributed by atoms with E-state index in [9.17, 15) is 27.6 Å². The van der Waals surface area contributed by atoms with Crippen LogP contribution in [0.15, 0.2) is 23.1 Å². The third kappa shape index (κ3) is 8.66. The first kappa shape index (κ1) is 32.2. The van der Waals surface area contributed by atoms with Crippen LogP contribution < -0.4 is 21.1 Å². The highest BCUT2D eigenvalue weighted by atomic mass is 32.2. The van der Waals surface area contributed by atoms with E-state index in [1.54, 1.807) is 11.0 Å². The second-order valence-electron chi connectivity index (χ2n) is 11.7. The fourth-order valence-corrected chi connectivity index (χ4v) is 7.01. The van der Waals surface area contributed by atoms with Crippen LogP contribution in [0.25, 0.3) is 0 Å². The molecule has 6 N–H and O–H groups in total. The van der Waals surface area contributed by atoms with Crippen molar-refractivity contribution in [3.63, 3.8) is 0 Å². The molecule has 0 radical (unpaired) electrons. The van der Waals surface area contributed by atoms with Gasteiger partial charge in [0.15, 0.2) is 5.96 Å². The van der Waals surface area contributed by atoms with Gasteiger partial charge in [-0.1, -0.05) is 19.1 Å². The third-order valence-electron chi connectivity index (χ3n) is 7.86. The number of carbonyl (C=O) groups excluding carboxylic acids is 4. The SMILES string of the molecule is CC(=O)OC(=O)CN(C(=O)[C@H](CC(=O)NCC1CCCN(C(=N)N)C1)NS(=O)(=O)c1cccc2c1NCC(C)C2)C1CC1. The number of piperidine rings is 1. The fraction of sp³-hybridized carbons (Fsp3) is 0.607. The van der Waals surface area contributed by atoms with E-state index < -0.39 is 52.8 Å².